The first kappa shape index (κ1) is 15.4. The van der Waals surface area contributed by atoms with E-state index in [-0.39, 0.29) is 12.7 Å². The molecule has 0 saturated heterocycles. The van der Waals surface area contributed by atoms with Crippen LogP contribution in [0.4, 0.5) is 0 Å². The lowest BCUT2D eigenvalue weighted by atomic mass is 10.2. The number of carboxylic acids is 1. The zero-order chi connectivity index (χ0) is 15.2. The summed E-state index contributed by atoms with van der Waals surface area (Å²) in [6, 6.07) is 5.50. The Bertz CT molecular complexity index is 491. The molecule has 2 rings (SSSR count). The van der Waals surface area contributed by atoms with E-state index >= 15 is 0 Å². The van der Waals surface area contributed by atoms with Gasteiger partial charge in [-0.1, -0.05) is 6.92 Å². The maximum absolute atomic E-state index is 10.8. The summed E-state index contributed by atoms with van der Waals surface area (Å²) >= 11 is 0. The Labute approximate surface area is 124 Å². The van der Waals surface area contributed by atoms with E-state index in [1.165, 1.54) is 0 Å². The number of nitrogens with zero attached hydrogens (tertiary/aromatic N) is 1. The van der Waals surface area contributed by atoms with Crippen LogP contribution in [0.2, 0.25) is 0 Å². The summed E-state index contributed by atoms with van der Waals surface area (Å²) in [6.45, 7) is 3.88. The minimum Gasteiger partial charge on any atom is -0.493 e. The summed E-state index contributed by atoms with van der Waals surface area (Å²) in [5.74, 6) is 1.08. The molecule has 0 aromatic heterocycles. The molecule has 1 unspecified atom stereocenters. The molecule has 6 heteroatoms. The summed E-state index contributed by atoms with van der Waals surface area (Å²) in [6.07, 6.45) is 0.831. The van der Waals surface area contributed by atoms with Gasteiger partial charge in [0.15, 0.2) is 11.5 Å². The Morgan fingerprint density at radius 1 is 1.43 bits per heavy atom. The third-order valence-electron chi connectivity index (χ3n) is 3.30. The van der Waals surface area contributed by atoms with Crippen LogP contribution in [0.5, 0.6) is 17.2 Å². The molecule has 0 saturated carbocycles. The maximum atomic E-state index is 10.8. The zero-order valence-corrected chi connectivity index (χ0v) is 12.4. The summed E-state index contributed by atoms with van der Waals surface area (Å²) in [5, 5.41) is 8.85. The van der Waals surface area contributed by atoms with Gasteiger partial charge in [-0.15, -0.1) is 0 Å². The van der Waals surface area contributed by atoms with Crippen LogP contribution in [0, 0.1) is 5.92 Å². The fourth-order valence-electron chi connectivity index (χ4n) is 2.13. The Hall–Kier alpha value is -1.95. The van der Waals surface area contributed by atoms with Crippen molar-refractivity contribution < 1.29 is 24.1 Å². The van der Waals surface area contributed by atoms with E-state index in [9.17, 15) is 4.79 Å². The summed E-state index contributed by atoms with van der Waals surface area (Å²) in [7, 11) is 1.92. The second-order valence-electron chi connectivity index (χ2n) is 5.22. The predicted molar refractivity (Wildman–Crippen MR) is 77.0 cm³/mol. The molecule has 0 amide bonds. The van der Waals surface area contributed by atoms with E-state index in [0.29, 0.717) is 18.9 Å². The van der Waals surface area contributed by atoms with E-state index in [1.54, 1.807) is 6.92 Å². The van der Waals surface area contributed by atoms with Gasteiger partial charge < -0.3 is 24.2 Å². The summed E-state index contributed by atoms with van der Waals surface area (Å²) < 4.78 is 16.2. The topological polar surface area (TPSA) is 68.2 Å². The van der Waals surface area contributed by atoms with Gasteiger partial charge >= 0.3 is 5.97 Å². The lowest BCUT2D eigenvalue weighted by Gasteiger charge is -2.18. The lowest BCUT2D eigenvalue weighted by Crippen LogP contribution is -2.30. The van der Waals surface area contributed by atoms with Gasteiger partial charge in [0.05, 0.1) is 12.5 Å². The van der Waals surface area contributed by atoms with E-state index in [1.807, 2.05) is 30.1 Å². The van der Waals surface area contributed by atoms with Crippen molar-refractivity contribution in [3.63, 3.8) is 0 Å². The molecule has 0 bridgehead atoms. The third-order valence-corrected chi connectivity index (χ3v) is 3.30. The van der Waals surface area contributed by atoms with Gasteiger partial charge in [-0.3, -0.25) is 4.79 Å². The quantitative estimate of drug-likeness (QED) is 0.738. The molecule has 1 heterocycles. The lowest BCUT2D eigenvalue weighted by molar-refractivity contribution is -0.141. The van der Waals surface area contributed by atoms with Crippen molar-refractivity contribution in [1.82, 2.24) is 4.90 Å². The molecule has 1 aliphatic rings. The molecule has 21 heavy (non-hydrogen) atoms. The Balaban J connectivity index is 1.66. The third kappa shape index (κ3) is 4.53. The van der Waals surface area contributed by atoms with E-state index < -0.39 is 5.97 Å². The number of rotatable bonds is 8. The monoisotopic (exact) mass is 295 g/mol. The molecule has 0 fully saturated rings. The number of carbonyl (C=O) groups is 1. The van der Waals surface area contributed by atoms with Gasteiger partial charge in [0, 0.05) is 19.2 Å². The minimum absolute atomic E-state index is 0.255. The Morgan fingerprint density at radius 2 is 2.19 bits per heavy atom. The van der Waals surface area contributed by atoms with E-state index in [4.69, 9.17) is 19.3 Å². The van der Waals surface area contributed by atoms with Crippen molar-refractivity contribution in [2.75, 3.05) is 33.5 Å². The van der Waals surface area contributed by atoms with Crippen LogP contribution in [-0.4, -0.2) is 49.5 Å². The van der Waals surface area contributed by atoms with Crippen molar-refractivity contribution in [3.8, 4) is 17.2 Å². The molecular formula is C15H21NO5. The maximum Gasteiger partial charge on any atom is 0.307 e. The van der Waals surface area contributed by atoms with Crippen LogP contribution in [0.3, 0.4) is 0 Å². The molecule has 1 aliphatic heterocycles. The molecule has 1 aromatic rings. The average Bonchev–Trinajstić information content (AvgIpc) is 2.90. The molecule has 1 N–H and O–H groups in total. The molecule has 1 atom stereocenters. The van der Waals surface area contributed by atoms with Crippen LogP contribution < -0.4 is 14.2 Å². The number of hydrogen-bond acceptors (Lipinski definition) is 5. The minimum atomic E-state index is -0.765. The van der Waals surface area contributed by atoms with Gasteiger partial charge in [0.2, 0.25) is 6.79 Å². The van der Waals surface area contributed by atoms with Gasteiger partial charge in [0.1, 0.15) is 5.75 Å². The van der Waals surface area contributed by atoms with Crippen molar-refractivity contribution >= 4 is 5.97 Å². The fourth-order valence-corrected chi connectivity index (χ4v) is 2.13. The largest absolute Gasteiger partial charge is 0.493 e. The molecular weight excluding hydrogens is 274 g/mol. The SMILES string of the molecule is CC(CN(C)CCCOc1ccc2c(c1)OCO2)C(=O)O. The highest BCUT2D eigenvalue weighted by Crippen LogP contribution is 2.35. The van der Waals surface area contributed by atoms with Crippen LogP contribution >= 0.6 is 0 Å². The Morgan fingerprint density at radius 3 is 2.95 bits per heavy atom. The average molecular weight is 295 g/mol. The second-order valence-corrected chi connectivity index (χ2v) is 5.22. The van der Waals surface area contributed by atoms with Crippen molar-refractivity contribution in [2.45, 2.75) is 13.3 Å². The van der Waals surface area contributed by atoms with Crippen LogP contribution in [0.15, 0.2) is 18.2 Å². The molecule has 0 spiro atoms. The molecule has 6 nitrogen and oxygen atoms in total. The zero-order valence-electron chi connectivity index (χ0n) is 12.4. The standard InChI is InChI=1S/C15H21NO5/c1-11(15(17)18)9-16(2)6-3-7-19-12-4-5-13-14(8-12)21-10-20-13/h4-5,8,11H,3,6-7,9-10H2,1-2H3,(H,17,18). The second kappa shape index (κ2) is 7.17. The highest BCUT2D eigenvalue weighted by Gasteiger charge is 2.14. The highest BCUT2D eigenvalue weighted by molar-refractivity contribution is 5.69. The van der Waals surface area contributed by atoms with Gasteiger partial charge in [0.25, 0.3) is 0 Å². The van der Waals surface area contributed by atoms with Crippen molar-refractivity contribution in [1.29, 1.82) is 0 Å². The number of aliphatic carboxylic acids is 1. The van der Waals surface area contributed by atoms with Crippen LogP contribution in [-0.2, 0) is 4.79 Å². The molecule has 1 aromatic carbocycles. The van der Waals surface area contributed by atoms with Gasteiger partial charge in [-0.05, 0) is 25.6 Å². The fraction of sp³-hybridized carbons (Fsp3) is 0.533. The van der Waals surface area contributed by atoms with Gasteiger partial charge in [-0.25, -0.2) is 0 Å². The van der Waals surface area contributed by atoms with Crippen LogP contribution in [0.25, 0.3) is 0 Å². The highest BCUT2D eigenvalue weighted by atomic mass is 16.7. The number of hydrogen-bond donors (Lipinski definition) is 1. The van der Waals surface area contributed by atoms with Crippen LogP contribution in [0.1, 0.15) is 13.3 Å². The van der Waals surface area contributed by atoms with E-state index in [2.05, 4.69) is 0 Å². The van der Waals surface area contributed by atoms with E-state index in [0.717, 1.165) is 24.5 Å². The number of fused-ring (bicyclic) bond motifs is 1. The normalized spacial score (nSPS) is 14.2. The number of benzene rings is 1. The first-order chi connectivity index (χ1) is 10.1. The van der Waals surface area contributed by atoms with Crippen molar-refractivity contribution in [2.24, 2.45) is 5.92 Å². The predicted octanol–water partition coefficient (Wildman–Crippen LogP) is 1.84. The molecule has 0 aliphatic carbocycles. The van der Waals surface area contributed by atoms with Gasteiger partial charge in [-0.2, -0.15) is 0 Å². The smallest absolute Gasteiger partial charge is 0.307 e. The molecule has 0 radical (unpaired) electrons. The number of ether oxygens (including phenoxy) is 3. The Kier molecular flexibility index (Phi) is 5.27. The molecule has 116 valence electrons. The first-order valence-electron chi connectivity index (χ1n) is 7.00. The van der Waals surface area contributed by atoms with Crippen molar-refractivity contribution in [3.05, 3.63) is 18.2 Å². The first-order valence-corrected chi connectivity index (χ1v) is 7.00. The summed E-state index contributed by atoms with van der Waals surface area (Å²) in [5.41, 5.74) is 0. The summed E-state index contributed by atoms with van der Waals surface area (Å²) in [4.78, 5) is 12.8. The number of carboxylic acid groups (broad SMARTS) is 1.